The summed E-state index contributed by atoms with van der Waals surface area (Å²) in [5.74, 6) is 0. The third kappa shape index (κ3) is 2.57. The van der Waals surface area contributed by atoms with Crippen molar-refractivity contribution in [3.63, 3.8) is 0 Å². The van der Waals surface area contributed by atoms with Crippen molar-refractivity contribution in [2.45, 2.75) is 18.5 Å². The maximum absolute atomic E-state index is 5.98. The topological polar surface area (TPSA) is 24.1 Å². The Balaban J connectivity index is 1.98. The molecule has 0 aliphatic carbocycles. The van der Waals surface area contributed by atoms with Crippen LogP contribution in [0.3, 0.4) is 0 Å². The van der Waals surface area contributed by atoms with Crippen LogP contribution in [0.15, 0.2) is 48.5 Å². The first-order chi connectivity index (χ1) is 9.59. The summed E-state index contributed by atoms with van der Waals surface area (Å²) in [5, 5.41) is 1.50. The standard InChI is InChI=1S/C15H14Cl2N2S/c1-15(11-4-8-13(17)9-5-11)14(18-20-19-15)10-2-6-12(16)7-3-10/h2-9,14,18-19H,1H3/t14-,15+/m0/s1. The molecule has 1 heterocycles. The Kier molecular flexibility index (Phi) is 3.98. The average Bonchev–Trinajstić information content (AvgIpc) is 2.84. The van der Waals surface area contributed by atoms with Gasteiger partial charge >= 0.3 is 0 Å². The zero-order valence-electron chi connectivity index (χ0n) is 10.9. The first-order valence-electron chi connectivity index (χ1n) is 6.29. The molecule has 1 aliphatic heterocycles. The highest BCUT2D eigenvalue weighted by atomic mass is 35.5. The van der Waals surface area contributed by atoms with Crippen LogP contribution in [-0.4, -0.2) is 0 Å². The van der Waals surface area contributed by atoms with Crippen LogP contribution in [0.25, 0.3) is 0 Å². The molecule has 104 valence electrons. The molecule has 1 fully saturated rings. The Morgan fingerprint density at radius 3 is 2.10 bits per heavy atom. The quantitative estimate of drug-likeness (QED) is 0.782. The Bertz CT molecular complexity index is 600. The Labute approximate surface area is 133 Å². The van der Waals surface area contributed by atoms with Crippen LogP contribution >= 0.6 is 35.3 Å². The molecule has 0 unspecified atom stereocenters. The van der Waals surface area contributed by atoms with E-state index < -0.39 is 0 Å². The first-order valence-corrected chi connectivity index (χ1v) is 7.87. The first kappa shape index (κ1) is 14.2. The Morgan fingerprint density at radius 1 is 0.950 bits per heavy atom. The lowest BCUT2D eigenvalue weighted by molar-refractivity contribution is 0.379. The molecule has 2 nitrogen and oxygen atoms in total. The van der Waals surface area contributed by atoms with E-state index in [-0.39, 0.29) is 11.6 Å². The lowest BCUT2D eigenvalue weighted by Gasteiger charge is -2.31. The third-order valence-corrected chi connectivity index (χ3v) is 5.05. The number of benzene rings is 2. The lowest BCUT2D eigenvalue weighted by Crippen LogP contribution is -2.37. The van der Waals surface area contributed by atoms with Crippen molar-refractivity contribution in [3.05, 3.63) is 69.7 Å². The van der Waals surface area contributed by atoms with Gasteiger partial charge in [0, 0.05) is 22.2 Å². The molecule has 0 radical (unpaired) electrons. The SMILES string of the molecule is C[C@]1(c2ccc(Cl)cc2)NSN[C@H]1c1ccc(Cl)cc1. The number of halogens is 2. The summed E-state index contributed by atoms with van der Waals surface area (Å²) in [7, 11) is 0. The lowest BCUT2D eigenvalue weighted by atomic mass is 9.82. The minimum Gasteiger partial charge on any atom is -0.241 e. The minimum absolute atomic E-state index is 0.158. The highest BCUT2D eigenvalue weighted by Crippen LogP contribution is 2.41. The molecule has 5 heteroatoms. The largest absolute Gasteiger partial charge is 0.241 e. The van der Waals surface area contributed by atoms with E-state index in [2.05, 4.69) is 40.6 Å². The summed E-state index contributed by atoms with van der Waals surface area (Å²) in [6.07, 6.45) is 0. The molecule has 0 amide bonds. The van der Waals surface area contributed by atoms with Gasteiger partial charge in [0.25, 0.3) is 0 Å². The van der Waals surface area contributed by atoms with Crippen LogP contribution in [0, 0.1) is 0 Å². The van der Waals surface area contributed by atoms with Crippen molar-refractivity contribution in [1.29, 1.82) is 0 Å². The van der Waals surface area contributed by atoms with Gasteiger partial charge in [-0.05, 0) is 42.3 Å². The molecule has 2 aromatic rings. The number of hydrogen-bond donors (Lipinski definition) is 2. The van der Waals surface area contributed by atoms with E-state index in [1.807, 2.05) is 24.3 Å². The molecule has 2 atom stereocenters. The van der Waals surface area contributed by atoms with Crippen molar-refractivity contribution in [3.8, 4) is 0 Å². The van der Waals surface area contributed by atoms with Crippen molar-refractivity contribution in [2.75, 3.05) is 0 Å². The second-order valence-electron chi connectivity index (χ2n) is 5.02. The third-order valence-electron chi connectivity index (χ3n) is 3.66. The van der Waals surface area contributed by atoms with Crippen molar-refractivity contribution in [1.82, 2.24) is 9.44 Å². The van der Waals surface area contributed by atoms with Crippen LogP contribution in [0.1, 0.15) is 24.1 Å². The van der Waals surface area contributed by atoms with Crippen LogP contribution in [0.2, 0.25) is 10.0 Å². The van der Waals surface area contributed by atoms with E-state index in [0.717, 1.165) is 10.0 Å². The summed E-state index contributed by atoms with van der Waals surface area (Å²) in [6, 6.07) is 16.1. The maximum Gasteiger partial charge on any atom is 0.0718 e. The molecule has 0 saturated carbocycles. The smallest absolute Gasteiger partial charge is 0.0718 e. The van der Waals surface area contributed by atoms with Gasteiger partial charge in [0.15, 0.2) is 0 Å². The maximum atomic E-state index is 5.98. The van der Waals surface area contributed by atoms with Gasteiger partial charge in [0.1, 0.15) is 0 Å². The predicted molar refractivity (Wildman–Crippen MR) is 86.9 cm³/mol. The summed E-state index contributed by atoms with van der Waals surface area (Å²) < 4.78 is 6.89. The van der Waals surface area contributed by atoms with Gasteiger partial charge in [-0.15, -0.1) is 0 Å². The van der Waals surface area contributed by atoms with Crippen LogP contribution < -0.4 is 9.44 Å². The van der Waals surface area contributed by atoms with Gasteiger partial charge in [-0.3, -0.25) is 0 Å². The number of rotatable bonds is 2. The molecule has 1 saturated heterocycles. The molecular formula is C15H14Cl2N2S. The molecule has 20 heavy (non-hydrogen) atoms. The van der Waals surface area contributed by atoms with Gasteiger partial charge < -0.3 is 0 Å². The monoisotopic (exact) mass is 324 g/mol. The second-order valence-corrected chi connectivity index (χ2v) is 6.53. The van der Waals surface area contributed by atoms with Gasteiger partial charge in [0.05, 0.1) is 11.6 Å². The van der Waals surface area contributed by atoms with E-state index in [1.54, 1.807) is 0 Å². The highest BCUT2D eigenvalue weighted by molar-refractivity contribution is 7.95. The zero-order valence-corrected chi connectivity index (χ0v) is 13.2. The fourth-order valence-electron chi connectivity index (χ4n) is 2.45. The molecule has 1 aliphatic rings. The van der Waals surface area contributed by atoms with E-state index in [4.69, 9.17) is 23.2 Å². The van der Waals surface area contributed by atoms with Crippen LogP contribution in [0.4, 0.5) is 0 Å². The molecule has 3 rings (SSSR count). The normalized spacial score (nSPS) is 25.9. The van der Waals surface area contributed by atoms with Crippen molar-refractivity contribution >= 4 is 35.3 Å². The molecule has 2 N–H and O–H groups in total. The molecule has 0 spiro atoms. The summed E-state index contributed by atoms with van der Waals surface area (Å²) >= 11 is 13.5. The second kappa shape index (κ2) is 5.58. The Morgan fingerprint density at radius 2 is 1.50 bits per heavy atom. The predicted octanol–water partition coefficient (Wildman–Crippen LogP) is 4.71. The number of nitrogens with one attached hydrogen (secondary N) is 2. The Hall–Kier alpha value is -0.710. The molecular weight excluding hydrogens is 311 g/mol. The average molecular weight is 325 g/mol. The summed E-state index contributed by atoms with van der Waals surface area (Å²) in [6.45, 7) is 2.18. The molecule has 2 aromatic carbocycles. The summed E-state index contributed by atoms with van der Waals surface area (Å²) in [5.41, 5.74) is 2.19. The minimum atomic E-state index is -0.205. The fourth-order valence-corrected chi connectivity index (χ4v) is 3.70. The number of hydrogen-bond acceptors (Lipinski definition) is 3. The van der Waals surface area contributed by atoms with Crippen LogP contribution in [0.5, 0.6) is 0 Å². The van der Waals surface area contributed by atoms with Gasteiger partial charge in [-0.1, -0.05) is 47.5 Å². The van der Waals surface area contributed by atoms with Gasteiger partial charge in [-0.25, -0.2) is 9.44 Å². The highest BCUT2D eigenvalue weighted by Gasteiger charge is 2.41. The molecule has 0 bridgehead atoms. The zero-order chi connectivity index (χ0) is 14.2. The van der Waals surface area contributed by atoms with E-state index in [0.29, 0.717) is 0 Å². The van der Waals surface area contributed by atoms with Gasteiger partial charge in [-0.2, -0.15) is 0 Å². The van der Waals surface area contributed by atoms with Crippen molar-refractivity contribution in [2.24, 2.45) is 0 Å². The molecule has 0 aromatic heterocycles. The fraction of sp³-hybridized carbons (Fsp3) is 0.200. The van der Waals surface area contributed by atoms with Gasteiger partial charge in [0.2, 0.25) is 0 Å². The van der Waals surface area contributed by atoms with E-state index in [9.17, 15) is 0 Å². The van der Waals surface area contributed by atoms with Crippen LogP contribution in [-0.2, 0) is 5.54 Å². The van der Waals surface area contributed by atoms with E-state index in [1.165, 1.54) is 23.3 Å². The van der Waals surface area contributed by atoms with E-state index >= 15 is 0 Å². The summed E-state index contributed by atoms with van der Waals surface area (Å²) in [4.78, 5) is 0. The van der Waals surface area contributed by atoms with Crippen molar-refractivity contribution < 1.29 is 0 Å².